The van der Waals surface area contributed by atoms with Crippen molar-refractivity contribution >= 4 is 5.96 Å². The van der Waals surface area contributed by atoms with E-state index >= 15 is 0 Å². The lowest BCUT2D eigenvalue weighted by molar-refractivity contribution is 0.0191. The summed E-state index contributed by atoms with van der Waals surface area (Å²) in [4.78, 5) is 4.33. The van der Waals surface area contributed by atoms with Crippen molar-refractivity contribution in [3.8, 4) is 0 Å². The number of aliphatic imine (C=N–C) groups is 1. The smallest absolute Gasteiger partial charge is 0.191 e. The molecule has 5 heteroatoms. The second-order valence-corrected chi connectivity index (χ2v) is 7.06. The molecule has 1 unspecified atom stereocenters. The van der Waals surface area contributed by atoms with Crippen LogP contribution in [0.1, 0.15) is 37.7 Å². The van der Waals surface area contributed by atoms with Gasteiger partial charge in [0.1, 0.15) is 0 Å². The lowest BCUT2D eigenvalue weighted by Crippen LogP contribution is -2.49. The van der Waals surface area contributed by atoms with E-state index in [0.717, 1.165) is 38.5 Å². The van der Waals surface area contributed by atoms with Crippen molar-refractivity contribution in [3.63, 3.8) is 0 Å². The molecule has 5 nitrogen and oxygen atoms in total. The maximum atomic E-state index is 5.69. The molecule has 25 heavy (non-hydrogen) atoms. The molecule has 0 radical (unpaired) electrons. The zero-order valence-corrected chi connectivity index (χ0v) is 15.3. The van der Waals surface area contributed by atoms with Crippen LogP contribution >= 0.6 is 0 Å². The van der Waals surface area contributed by atoms with Crippen LogP contribution in [0.4, 0.5) is 0 Å². The third kappa shape index (κ3) is 4.95. The average molecular weight is 345 g/mol. The summed E-state index contributed by atoms with van der Waals surface area (Å²) in [6, 6.07) is 10.8. The van der Waals surface area contributed by atoms with Crippen LogP contribution in [0.5, 0.6) is 0 Å². The SMILES string of the molecule is CN=C(NCCOCC1CCCO1)NCC1(c2ccccc2)CCC1. The van der Waals surface area contributed by atoms with E-state index in [0.29, 0.717) is 19.3 Å². The third-order valence-corrected chi connectivity index (χ3v) is 5.38. The minimum atomic E-state index is 0.259. The van der Waals surface area contributed by atoms with Gasteiger partial charge in [0.05, 0.1) is 19.3 Å². The van der Waals surface area contributed by atoms with Gasteiger partial charge in [0.15, 0.2) is 5.96 Å². The fourth-order valence-corrected chi connectivity index (χ4v) is 3.67. The van der Waals surface area contributed by atoms with E-state index in [-0.39, 0.29) is 5.41 Å². The highest BCUT2D eigenvalue weighted by atomic mass is 16.5. The van der Waals surface area contributed by atoms with Gasteiger partial charge in [-0.05, 0) is 31.2 Å². The summed E-state index contributed by atoms with van der Waals surface area (Å²) < 4.78 is 11.2. The fourth-order valence-electron chi connectivity index (χ4n) is 3.67. The molecule has 2 aliphatic rings. The molecule has 0 aromatic heterocycles. The quantitative estimate of drug-likeness (QED) is 0.432. The number of hydrogen-bond acceptors (Lipinski definition) is 3. The molecule has 1 aromatic carbocycles. The zero-order chi connectivity index (χ0) is 17.4. The van der Waals surface area contributed by atoms with Gasteiger partial charge in [0, 0.05) is 32.2 Å². The molecule has 138 valence electrons. The van der Waals surface area contributed by atoms with Gasteiger partial charge < -0.3 is 20.1 Å². The summed E-state index contributed by atoms with van der Waals surface area (Å²) in [7, 11) is 1.82. The van der Waals surface area contributed by atoms with E-state index in [1.165, 1.54) is 24.8 Å². The Labute approximate surface area is 151 Å². The summed E-state index contributed by atoms with van der Waals surface area (Å²) in [5.74, 6) is 0.850. The summed E-state index contributed by atoms with van der Waals surface area (Å²) >= 11 is 0. The summed E-state index contributed by atoms with van der Waals surface area (Å²) in [6.45, 7) is 3.93. The highest BCUT2D eigenvalue weighted by molar-refractivity contribution is 5.79. The summed E-state index contributed by atoms with van der Waals surface area (Å²) in [5.41, 5.74) is 1.69. The number of nitrogens with one attached hydrogen (secondary N) is 2. The van der Waals surface area contributed by atoms with Crippen molar-refractivity contribution in [2.75, 3.05) is 40.0 Å². The molecule has 0 spiro atoms. The molecule has 1 aliphatic heterocycles. The Morgan fingerprint density at radius 2 is 2.08 bits per heavy atom. The topological polar surface area (TPSA) is 54.9 Å². The molecule has 1 atom stereocenters. The molecule has 2 N–H and O–H groups in total. The normalized spacial score (nSPS) is 22.4. The van der Waals surface area contributed by atoms with E-state index in [2.05, 4.69) is 46.0 Å². The molecule has 1 aromatic rings. The van der Waals surface area contributed by atoms with Gasteiger partial charge in [-0.2, -0.15) is 0 Å². The Bertz CT molecular complexity index is 537. The fraction of sp³-hybridized carbons (Fsp3) is 0.650. The first-order valence-electron chi connectivity index (χ1n) is 9.52. The van der Waals surface area contributed by atoms with Crippen molar-refractivity contribution in [1.82, 2.24) is 10.6 Å². The molecule has 0 amide bonds. The number of rotatable bonds is 8. The first-order valence-corrected chi connectivity index (χ1v) is 9.52. The first kappa shape index (κ1) is 18.2. The summed E-state index contributed by atoms with van der Waals surface area (Å²) in [5, 5.41) is 6.84. The molecule has 3 rings (SSSR count). The van der Waals surface area contributed by atoms with Crippen molar-refractivity contribution in [1.29, 1.82) is 0 Å². The van der Waals surface area contributed by atoms with Crippen molar-refractivity contribution in [2.24, 2.45) is 4.99 Å². The van der Waals surface area contributed by atoms with Crippen molar-refractivity contribution < 1.29 is 9.47 Å². The Kier molecular flexibility index (Phi) is 6.70. The van der Waals surface area contributed by atoms with Crippen molar-refractivity contribution in [3.05, 3.63) is 35.9 Å². The molecular formula is C20H31N3O2. The van der Waals surface area contributed by atoms with Crippen LogP contribution in [0.3, 0.4) is 0 Å². The molecule has 1 saturated carbocycles. The highest BCUT2D eigenvalue weighted by Gasteiger charge is 2.38. The first-order chi connectivity index (χ1) is 12.3. The lowest BCUT2D eigenvalue weighted by Gasteiger charge is -2.43. The highest BCUT2D eigenvalue weighted by Crippen LogP contribution is 2.43. The number of benzene rings is 1. The van der Waals surface area contributed by atoms with Crippen LogP contribution in [-0.4, -0.2) is 52.0 Å². The zero-order valence-electron chi connectivity index (χ0n) is 15.3. The maximum absolute atomic E-state index is 5.69. The van der Waals surface area contributed by atoms with Crippen LogP contribution in [0, 0.1) is 0 Å². The second-order valence-electron chi connectivity index (χ2n) is 7.06. The van der Waals surface area contributed by atoms with Crippen LogP contribution < -0.4 is 10.6 Å². The molecule has 1 aliphatic carbocycles. The Morgan fingerprint density at radius 1 is 1.24 bits per heavy atom. The molecule has 2 fully saturated rings. The van der Waals surface area contributed by atoms with E-state index in [9.17, 15) is 0 Å². The van der Waals surface area contributed by atoms with Gasteiger partial charge in [0.25, 0.3) is 0 Å². The number of nitrogens with zero attached hydrogens (tertiary/aromatic N) is 1. The summed E-state index contributed by atoms with van der Waals surface area (Å²) in [6.07, 6.45) is 6.36. The molecule has 0 bridgehead atoms. The molecule has 1 saturated heterocycles. The predicted molar refractivity (Wildman–Crippen MR) is 101 cm³/mol. The Balaban J connectivity index is 1.37. The average Bonchev–Trinajstić information content (AvgIpc) is 3.13. The maximum Gasteiger partial charge on any atom is 0.191 e. The van der Waals surface area contributed by atoms with Gasteiger partial charge >= 0.3 is 0 Å². The minimum absolute atomic E-state index is 0.259. The predicted octanol–water partition coefficient (Wildman–Crippen LogP) is 2.47. The van der Waals surface area contributed by atoms with Gasteiger partial charge in [-0.15, -0.1) is 0 Å². The monoisotopic (exact) mass is 345 g/mol. The van der Waals surface area contributed by atoms with Crippen LogP contribution in [-0.2, 0) is 14.9 Å². The minimum Gasteiger partial charge on any atom is -0.377 e. The third-order valence-electron chi connectivity index (χ3n) is 5.38. The van der Waals surface area contributed by atoms with E-state index in [1.807, 2.05) is 7.05 Å². The molecular weight excluding hydrogens is 314 g/mol. The lowest BCUT2D eigenvalue weighted by atomic mass is 9.64. The Morgan fingerprint density at radius 3 is 2.72 bits per heavy atom. The van der Waals surface area contributed by atoms with Gasteiger partial charge in [0.2, 0.25) is 0 Å². The number of hydrogen-bond donors (Lipinski definition) is 2. The van der Waals surface area contributed by atoms with Crippen LogP contribution in [0.25, 0.3) is 0 Å². The standard InChI is InChI=1S/C20H31N3O2/c1-21-19(22-12-14-24-15-18-9-5-13-25-18)23-16-20(10-6-11-20)17-7-3-2-4-8-17/h2-4,7-8,18H,5-6,9-16H2,1H3,(H2,21,22,23). The van der Waals surface area contributed by atoms with E-state index in [1.54, 1.807) is 0 Å². The van der Waals surface area contributed by atoms with Crippen molar-refractivity contribution in [2.45, 2.75) is 43.6 Å². The van der Waals surface area contributed by atoms with Gasteiger partial charge in [-0.1, -0.05) is 36.8 Å². The second kappa shape index (κ2) is 9.20. The molecule has 1 heterocycles. The van der Waals surface area contributed by atoms with E-state index < -0.39 is 0 Å². The van der Waals surface area contributed by atoms with Crippen LogP contribution in [0.15, 0.2) is 35.3 Å². The number of ether oxygens (including phenoxy) is 2. The van der Waals surface area contributed by atoms with Gasteiger partial charge in [-0.3, -0.25) is 4.99 Å². The Hall–Kier alpha value is -1.59. The number of guanidine groups is 1. The van der Waals surface area contributed by atoms with Crippen LogP contribution in [0.2, 0.25) is 0 Å². The van der Waals surface area contributed by atoms with Gasteiger partial charge in [-0.25, -0.2) is 0 Å². The van der Waals surface area contributed by atoms with E-state index in [4.69, 9.17) is 9.47 Å². The largest absolute Gasteiger partial charge is 0.377 e.